The summed E-state index contributed by atoms with van der Waals surface area (Å²) in [5, 5.41) is 18.7. The molecule has 1 aromatic rings. The van der Waals surface area contributed by atoms with Crippen molar-refractivity contribution in [2.75, 3.05) is 0 Å². The van der Waals surface area contributed by atoms with E-state index >= 15 is 0 Å². The summed E-state index contributed by atoms with van der Waals surface area (Å²) in [6, 6.07) is 3.33. The van der Waals surface area contributed by atoms with Gasteiger partial charge in [-0.25, -0.2) is 0 Å². The van der Waals surface area contributed by atoms with Crippen LogP contribution in [-0.2, 0) is 0 Å². The van der Waals surface area contributed by atoms with E-state index in [0.29, 0.717) is 5.56 Å². The van der Waals surface area contributed by atoms with E-state index in [4.69, 9.17) is 0 Å². The molecule has 66 valence electrons. The molecule has 0 fully saturated rings. The normalized spacial score (nSPS) is 13.0. The van der Waals surface area contributed by atoms with Gasteiger partial charge < -0.3 is 10.2 Å². The molecule has 1 rings (SSSR count). The zero-order valence-corrected chi connectivity index (χ0v) is 8.59. The summed E-state index contributed by atoms with van der Waals surface area (Å²) in [4.78, 5) is 0. The van der Waals surface area contributed by atoms with E-state index in [1.54, 1.807) is 19.1 Å². The van der Waals surface area contributed by atoms with Crippen LogP contribution in [0, 0.1) is 6.92 Å². The summed E-state index contributed by atoms with van der Waals surface area (Å²) in [6.07, 6.45) is -0.637. The minimum absolute atomic E-state index is 0.144. The molecule has 0 aliphatic heterocycles. The van der Waals surface area contributed by atoms with Crippen LogP contribution in [0.15, 0.2) is 16.6 Å². The number of benzene rings is 1. The van der Waals surface area contributed by atoms with Crippen molar-refractivity contribution < 1.29 is 10.2 Å². The molecule has 1 atom stereocenters. The first-order valence-electron chi connectivity index (χ1n) is 3.70. The SMILES string of the molecule is Cc1c(Br)ccc(O)c1C(C)O. The summed E-state index contributed by atoms with van der Waals surface area (Å²) in [5.74, 6) is 0.144. The zero-order valence-electron chi connectivity index (χ0n) is 7.00. The molecular weight excluding hydrogens is 220 g/mol. The number of hydrogen-bond acceptors (Lipinski definition) is 2. The number of phenolic OH excluding ortho intramolecular Hbond substituents is 1. The van der Waals surface area contributed by atoms with E-state index in [1.807, 2.05) is 6.92 Å². The van der Waals surface area contributed by atoms with Crippen LogP contribution in [0.1, 0.15) is 24.2 Å². The summed E-state index contributed by atoms with van der Waals surface area (Å²) in [7, 11) is 0. The molecule has 0 spiro atoms. The molecule has 0 aliphatic rings. The molecule has 12 heavy (non-hydrogen) atoms. The predicted octanol–water partition coefficient (Wildman–Crippen LogP) is 2.52. The number of halogens is 1. The third kappa shape index (κ3) is 1.62. The van der Waals surface area contributed by atoms with Crippen LogP contribution in [0.4, 0.5) is 0 Å². The monoisotopic (exact) mass is 230 g/mol. The molecule has 1 aromatic carbocycles. The third-order valence-electron chi connectivity index (χ3n) is 1.84. The fraction of sp³-hybridized carbons (Fsp3) is 0.333. The molecule has 0 radical (unpaired) electrons. The van der Waals surface area contributed by atoms with Crippen LogP contribution < -0.4 is 0 Å². The fourth-order valence-electron chi connectivity index (χ4n) is 1.21. The molecule has 2 N–H and O–H groups in total. The predicted molar refractivity (Wildman–Crippen MR) is 51.2 cm³/mol. The number of phenols is 1. The lowest BCUT2D eigenvalue weighted by molar-refractivity contribution is 0.194. The average Bonchev–Trinajstić information content (AvgIpc) is 1.97. The highest BCUT2D eigenvalue weighted by Gasteiger charge is 2.12. The Morgan fingerprint density at radius 2 is 2.00 bits per heavy atom. The zero-order chi connectivity index (χ0) is 9.30. The molecule has 0 aliphatic carbocycles. The summed E-state index contributed by atoms with van der Waals surface area (Å²) in [5.41, 5.74) is 1.47. The van der Waals surface area contributed by atoms with Crippen LogP contribution in [0.3, 0.4) is 0 Å². The molecule has 0 amide bonds. The van der Waals surface area contributed by atoms with Gasteiger partial charge in [0.15, 0.2) is 0 Å². The van der Waals surface area contributed by atoms with Gasteiger partial charge in [-0.15, -0.1) is 0 Å². The van der Waals surface area contributed by atoms with Gasteiger partial charge in [0.25, 0.3) is 0 Å². The number of rotatable bonds is 1. The Morgan fingerprint density at radius 1 is 1.42 bits per heavy atom. The minimum Gasteiger partial charge on any atom is -0.508 e. The number of hydrogen-bond donors (Lipinski definition) is 2. The van der Waals surface area contributed by atoms with Crippen molar-refractivity contribution in [2.45, 2.75) is 20.0 Å². The van der Waals surface area contributed by atoms with Crippen molar-refractivity contribution in [1.29, 1.82) is 0 Å². The number of aromatic hydroxyl groups is 1. The molecule has 0 bridgehead atoms. The number of aliphatic hydroxyl groups excluding tert-OH is 1. The van der Waals surface area contributed by atoms with Gasteiger partial charge in [0.05, 0.1) is 6.10 Å². The summed E-state index contributed by atoms with van der Waals surface area (Å²) < 4.78 is 0.899. The minimum atomic E-state index is -0.637. The van der Waals surface area contributed by atoms with Gasteiger partial charge >= 0.3 is 0 Å². The van der Waals surface area contributed by atoms with Gasteiger partial charge in [0.1, 0.15) is 5.75 Å². The van der Waals surface area contributed by atoms with Crippen LogP contribution in [-0.4, -0.2) is 10.2 Å². The number of aliphatic hydroxyl groups is 1. The first kappa shape index (κ1) is 9.55. The van der Waals surface area contributed by atoms with Gasteiger partial charge in [0, 0.05) is 10.0 Å². The van der Waals surface area contributed by atoms with Gasteiger partial charge in [-0.05, 0) is 31.5 Å². The van der Waals surface area contributed by atoms with Gasteiger partial charge in [0.2, 0.25) is 0 Å². The molecular formula is C9H11BrO2. The van der Waals surface area contributed by atoms with Gasteiger partial charge in [-0.3, -0.25) is 0 Å². The van der Waals surface area contributed by atoms with E-state index in [-0.39, 0.29) is 5.75 Å². The maximum absolute atomic E-state index is 9.41. The van der Waals surface area contributed by atoms with E-state index < -0.39 is 6.10 Å². The van der Waals surface area contributed by atoms with Crippen LogP contribution in [0.5, 0.6) is 5.75 Å². The van der Waals surface area contributed by atoms with Crippen LogP contribution in [0.25, 0.3) is 0 Å². The van der Waals surface area contributed by atoms with Crippen molar-refractivity contribution >= 4 is 15.9 Å². The standard InChI is InChI=1S/C9H11BrO2/c1-5-7(10)3-4-8(12)9(5)6(2)11/h3-4,6,11-12H,1-2H3. The highest BCUT2D eigenvalue weighted by atomic mass is 79.9. The second kappa shape index (κ2) is 3.46. The Bertz CT molecular complexity index is 295. The average molecular weight is 231 g/mol. The molecule has 0 saturated carbocycles. The molecule has 2 nitrogen and oxygen atoms in total. The first-order chi connectivity index (χ1) is 5.54. The molecule has 0 aromatic heterocycles. The Balaban J connectivity index is 3.33. The lowest BCUT2D eigenvalue weighted by atomic mass is 10.0. The van der Waals surface area contributed by atoms with Crippen molar-refractivity contribution in [3.63, 3.8) is 0 Å². The van der Waals surface area contributed by atoms with Crippen molar-refractivity contribution in [2.24, 2.45) is 0 Å². The largest absolute Gasteiger partial charge is 0.508 e. The van der Waals surface area contributed by atoms with Crippen molar-refractivity contribution in [3.05, 3.63) is 27.7 Å². The van der Waals surface area contributed by atoms with Crippen LogP contribution in [0.2, 0.25) is 0 Å². The first-order valence-corrected chi connectivity index (χ1v) is 4.49. The van der Waals surface area contributed by atoms with Crippen molar-refractivity contribution in [3.8, 4) is 5.75 Å². The Labute approximate surface area is 80.0 Å². The second-order valence-electron chi connectivity index (χ2n) is 2.78. The van der Waals surface area contributed by atoms with E-state index in [2.05, 4.69) is 15.9 Å². The maximum atomic E-state index is 9.41. The smallest absolute Gasteiger partial charge is 0.121 e. The quantitative estimate of drug-likeness (QED) is 0.779. The maximum Gasteiger partial charge on any atom is 0.121 e. The van der Waals surface area contributed by atoms with Gasteiger partial charge in [-0.1, -0.05) is 15.9 Å². The van der Waals surface area contributed by atoms with E-state index in [9.17, 15) is 10.2 Å². The topological polar surface area (TPSA) is 40.5 Å². The summed E-state index contributed by atoms with van der Waals surface area (Å²) >= 11 is 3.33. The van der Waals surface area contributed by atoms with E-state index in [1.165, 1.54) is 0 Å². The van der Waals surface area contributed by atoms with Crippen LogP contribution >= 0.6 is 15.9 Å². The molecule has 0 heterocycles. The Hall–Kier alpha value is -0.540. The lowest BCUT2D eigenvalue weighted by Crippen LogP contribution is -1.96. The summed E-state index contributed by atoms with van der Waals surface area (Å²) in [6.45, 7) is 3.49. The fourth-order valence-corrected chi connectivity index (χ4v) is 1.56. The van der Waals surface area contributed by atoms with E-state index in [0.717, 1.165) is 10.0 Å². The highest BCUT2D eigenvalue weighted by molar-refractivity contribution is 9.10. The van der Waals surface area contributed by atoms with Crippen molar-refractivity contribution in [1.82, 2.24) is 0 Å². The lowest BCUT2D eigenvalue weighted by Gasteiger charge is -2.12. The molecule has 3 heteroatoms. The Morgan fingerprint density at radius 3 is 2.42 bits per heavy atom. The van der Waals surface area contributed by atoms with Gasteiger partial charge in [-0.2, -0.15) is 0 Å². The second-order valence-corrected chi connectivity index (χ2v) is 3.64. The third-order valence-corrected chi connectivity index (χ3v) is 2.70. The molecule has 0 saturated heterocycles. The molecule has 1 unspecified atom stereocenters. The Kier molecular flexibility index (Phi) is 2.75. The highest BCUT2D eigenvalue weighted by Crippen LogP contribution is 2.31.